The quantitative estimate of drug-likeness (QED) is 0.816. The summed E-state index contributed by atoms with van der Waals surface area (Å²) in [5.74, 6) is 0.254. The summed E-state index contributed by atoms with van der Waals surface area (Å²) in [6, 6.07) is 7.20. The first kappa shape index (κ1) is 11.6. The van der Waals surface area contributed by atoms with Crippen LogP contribution in [0, 0.1) is 5.41 Å². The van der Waals surface area contributed by atoms with Gasteiger partial charge < -0.3 is 5.32 Å². The fraction of sp³-hybridized carbons (Fsp3) is 0.462. The summed E-state index contributed by atoms with van der Waals surface area (Å²) in [6.45, 7) is 0.772. The number of hydrogen-bond acceptors (Lipinski definition) is 2. The lowest BCUT2D eigenvalue weighted by molar-refractivity contribution is 0.0614. The third-order valence-electron chi connectivity index (χ3n) is 3.41. The number of halogens is 1. The monoisotopic (exact) mass is 237 g/mol. The van der Waals surface area contributed by atoms with Crippen LogP contribution in [0.2, 0.25) is 5.02 Å². The van der Waals surface area contributed by atoms with E-state index in [9.17, 15) is 4.79 Å². The normalized spacial score (nSPS) is 17.9. The number of benzene rings is 1. The zero-order chi connectivity index (χ0) is 11.6. The van der Waals surface area contributed by atoms with Crippen LogP contribution in [0.3, 0.4) is 0 Å². The first-order valence-corrected chi connectivity index (χ1v) is 6.01. The van der Waals surface area contributed by atoms with Crippen molar-refractivity contribution < 1.29 is 4.79 Å². The van der Waals surface area contributed by atoms with Gasteiger partial charge in [0.2, 0.25) is 0 Å². The van der Waals surface area contributed by atoms with E-state index in [1.54, 1.807) is 12.1 Å². The standard InChI is InChI=1S/C13H16ClNO/c1-15-9-13(7-2-8-13)12(16)10-3-5-11(14)6-4-10/h3-6,15H,2,7-9H2,1H3. The van der Waals surface area contributed by atoms with Crippen molar-refractivity contribution in [1.29, 1.82) is 0 Å². The van der Waals surface area contributed by atoms with Gasteiger partial charge in [-0.1, -0.05) is 18.0 Å². The summed E-state index contributed by atoms with van der Waals surface area (Å²) >= 11 is 5.82. The van der Waals surface area contributed by atoms with Gasteiger partial charge in [0, 0.05) is 22.5 Å². The number of nitrogens with one attached hydrogen (secondary N) is 1. The molecular weight excluding hydrogens is 222 g/mol. The topological polar surface area (TPSA) is 29.1 Å². The molecular formula is C13H16ClNO. The van der Waals surface area contributed by atoms with Crippen LogP contribution in [0.1, 0.15) is 29.6 Å². The smallest absolute Gasteiger partial charge is 0.170 e. The van der Waals surface area contributed by atoms with Gasteiger partial charge in [-0.25, -0.2) is 0 Å². The molecule has 0 amide bonds. The number of carbonyl (C=O) groups excluding carboxylic acids is 1. The van der Waals surface area contributed by atoms with Gasteiger partial charge in [0.1, 0.15) is 0 Å². The Morgan fingerprint density at radius 3 is 2.44 bits per heavy atom. The highest BCUT2D eigenvalue weighted by atomic mass is 35.5. The molecule has 1 aliphatic carbocycles. The maximum Gasteiger partial charge on any atom is 0.170 e. The van der Waals surface area contributed by atoms with Crippen LogP contribution in [-0.2, 0) is 0 Å². The minimum absolute atomic E-state index is 0.164. The maximum atomic E-state index is 12.4. The second-order valence-corrected chi connectivity index (χ2v) is 4.94. The largest absolute Gasteiger partial charge is 0.319 e. The third-order valence-corrected chi connectivity index (χ3v) is 3.67. The lowest BCUT2D eigenvalue weighted by Crippen LogP contribution is -2.45. The van der Waals surface area contributed by atoms with E-state index in [2.05, 4.69) is 5.32 Å². The molecule has 1 aromatic carbocycles. The Morgan fingerprint density at radius 1 is 1.38 bits per heavy atom. The first-order chi connectivity index (χ1) is 7.68. The van der Waals surface area contributed by atoms with Crippen molar-refractivity contribution >= 4 is 17.4 Å². The maximum absolute atomic E-state index is 12.4. The molecule has 1 aliphatic rings. The Bertz CT molecular complexity index is 381. The molecule has 86 valence electrons. The highest BCUT2D eigenvalue weighted by molar-refractivity contribution is 6.30. The number of carbonyl (C=O) groups is 1. The fourth-order valence-electron chi connectivity index (χ4n) is 2.33. The molecule has 0 saturated heterocycles. The van der Waals surface area contributed by atoms with Gasteiger partial charge in [0.25, 0.3) is 0 Å². The SMILES string of the molecule is CNCC1(C(=O)c2ccc(Cl)cc2)CCC1. The van der Waals surface area contributed by atoms with Crippen molar-refractivity contribution in [1.82, 2.24) is 5.32 Å². The summed E-state index contributed by atoms with van der Waals surface area (Å²) in [6.07, 6.45) is 3.14. The van der Waals surface area contributed by atoms with Gasteiger partial charge in [-0.15, -0.1) is 0 Å². The van der Waals surface area contributed by atoms with Crippen molar-refractivity contribution in [3.05, 3.63) is 34.9 Å². The highest BCUT2D eigenvalue weighted by Crippen LogP contribution is 2.43. The summed E-state index contributed by atoms with van der Waals surface area (Å²) in [7, 11) is 1.90. The molecule has 1 aromatic rings. The van der Waals surface area contributed by atoms with Gasteiger partial charge in [0.05, 0.1) is 0 Å². The van der Waals surface area contributed by atoms with Crippen LogP contribution in [0.5, 0.6) is 0 Å². The minimum Gasteiger partial charge on any atom is -0.319 e. The average Bonchev–Trinajstić information content (AvgIpc) is 2.23. The van der Waals surface area contributed by atoms with Crippen LogP contribution in [0.25, 0.3) is 0 Å². The lowest BCUT2D eigenvalue weighted by Gasteiger charge is -2.40. The zero-order valence-electron chi connectivity index (χ0n) is 9.42. The van der Waals surface area contributed by atoms with Gasteiger partial charge in [-0.05, 0) is 44.2 Å². The average molecular weight is 238 g/mol. The minimum atomic E-state index is -0.164. The molecule has 1 saturated carbocycles. The van der Waals surface area contributed by atoms with Crippen molar-refractivity contribution in [3.63, 3.8) is 0 Å². The van der Waals surface area contributed by atoms with Crippen LogP contribution in [0.4, 0.5) is 0 Å². The second kappa shape index (κ2) is 4.56. The Morgan fingerprint density at radius 2 is 2.00 bits per heavy atom. The van der Waals surface area contributed by atoms with Gasteiger partial charge in [0.15, 0.2) is 5.78 Å². The molecule has 1 fully saturated rings. The lowest BCUT2D eigenvalue weighted by atomic mass is 9.64. The van der Waals surface area contributed by atoms with Crippen molar-refractivity contribution in [3.8, 4) is 0 Å². The predicted molar refractivity (Wildman–Crippen MR) is 66.0 cm³/mol. The molecule has 0 aromatic heterocycles. The highest BCUT2D eigenvalue weighted by Gasteiger charge is 2.43. The van der Waals surface area contributed by atoms with E-state index in [4.69, 9.17) is 11.6 Å². The summed E-state index contributed by atoms with van der Waals surface area (Å²) in [4.78, 5) is 12.4. The van der Waals surface area contributed by atoms with E-state index in [-0.39, 0.29) is 11.2 Å². The van der Waals surface area contributed by atoms with Gasteiger partial charge >= 0.3 is 0 Å². The van der Waals surface area contributed by atoms with Crippen LogP contribution in [0.15, 0.2) is 24.3 Å². The number of Topliss-reactive ketones (excluding diaryl/α,β-unsaturated/α-hetero) is 1. The predicted octanol–water partition coefficient (Wildman–Crippen LogP) is 2.91. The van der Waals surface area contributed by atoms with E-state index in [0.717, 1.165) is 31.4 Å². The molecule has 2 rings (SSSR count). The van der Waals surface area contributed by atoms with Crippen molar-refractivity contribution in [2.45, 2.75) is 19.3 Å². The third kappa shape index (κ3) is 2.00. The molecule has 0 aliphatic heterocycles. The molecule has 0 spiro atoms. The Balaban J connectivity index is 2.20. The summed E-state index contributed by atoms with van der Waals surface area (Å²) in [5, 5.41) is 3.80. The molecule has 3 heteroatoms. The number of hydrogen-bond donors (Lipinski definition) is 1. The summed E-state index contributed by atoms with van der Waals surface area (Å²) in [5.41, 5.74) is 0.613. The van der Waals surface area contributed by atoms with E-state index in [1.165, 1.54) is 0 Å². The second-order valence-electron chi connectivity index (χ2n) is 4.50. The van der Waals surface area contributed by atoms with Crippen LogP contribution >= 0.6 is 11.6 Å². The molecule has 0 atom stereocenters. The van der Waals surface area contributed by atoms with E-state index < -0.39 is 0 Å². The first-order valence-electron chi connectivity index (χ1n) is 5.63. The van der Waals surface area contributed by atoms with Gasteiger partial charge in [-0.2, -0.15) is 0 Å². The van der Waals surface area contributed by atoms with Crippen LogP contribution < -0.4 is 5.32 Å². The fourth-order valence-corrected chi connectivity index (χ4v) is 2.46. The Labute approximate surface area is 101 Å². The van der Waals surface area contributed by atoms with Crippen molar-refractivity contribution in [2.24, 2.45) is 5.41 Å². The van der Waals surface area contributed by atoms with Crippen molar-refractivity contribution in [2.75, 3.05) is 13.6 Å². The van der Waals surface area contributed by atoms with E-state index in [0.29, 0.717) is 5.02 Å². The zero-order valence-corrected chi connectivity index (χ0v) is 10.2. The Kier molecular flexibility index (Phi) is 3.31. The Hall–Kier alpha value is -0.860. The van der Waals surface area contributed by atoms with E-state index in [1.807, 2.05) is 19.2 Å². The van der Waals surface area contributed by atoms with Crippen LogP contribution in [-0.4, -0.2) is 19.4 Å². The molecule has 0 radical (unpaired) electrons. The van der Waals surface area contributed by atoms with Gasteiger partial charge in [-0.3, -0.25) is 4.79 Å². The molecule has 0 bridgehead atoms. The number of ketones is 1. The molecule has 0 unspecified atom stereocenters. The number of rotatable bonds is 4. The summed E-state index contributed by atoms with van der Waals surface area (Å²) < 4.78 is 0. The van der Waals surface area contributed by atoms with E-state index >= 15 is 0 Å². The molecule has 1 N–H and O–H groups in total. The molecule has 0 heterocycles. The molecule has 2 nitrogen and oxygen atoms in total. The molecule has 16 heavy (non-hydrogen) atoms.